The van der Waals surface area contributed by atoms with Crippen LogP contribution in [0.3, 0.4) is 0 Å². The molecule has 0 spiro atoms. The van der Waals surface area contributed by atoms with Crippen LogP contribution >= 0.6 is 11.8 Å². The maximum Gasteiger partial charge on any atom is 0.233 e. The second-order valence-corrected chi connectivity index (χ2v) is 6.08. The number of nitrogens with zero attached hydrogens (tertiary/aromatic N) is 3. The van der Waals surface area contributed by atoms with Crippen molar-refractivity contribution in [2.24, 2.45) is 7.05 Å². The molecular weight excluding hydrogens is 270 g/mol. The van der Waals surface area contributed by atoms with Crippen LogP contribution in [-0.2, 0) is 11.8 Å². The number of benzene rings is 1. The first kappa shape index (κ1) is 13.5. The molecule has 0 N–H and O–H groups in total. The van der Waals surface area contributed by atoms with Gasteiger partial charge in [0, 0.05) is 19.6 Å². The van der Waals surface area contributed by atoms with E-state index in [1.807, 2.05) is 30.1 Å². The van der Waals surface area contributed by atoms with Gasteiger partial charge < -0.3 is 9.47 Å². The zero-order chi connectivity index (χ0) is 14.1. The van der Waals surface area contributed by atoms with Crippen molar-refractivity contribution in [2.75, 3.05) is 12.3 Å². The normalized spacial score (nSPS) is 14.7. The lowest BCUT2D eigenvalue weighted by atomic mass is 10.3. The van der Waals surface area contributed by atoms with Gasteiger partial charge in [-0.3, -0.25) is 4.79 Å². The number of para-hydroxylation sites is 2. The van der Waals surface area contributed by atoms with Crippen LogP contribution in [0.25, 0.3) is 11.0 Å². The third kappa shape index (κ3) is 2.54. The average molecular weight is 289 g/mol. The summed E-state index contributed by atoms with van der Waals surface area (Å²) in [5.41, 5.74) is 2.09. The largest absolute Gasteiger partial charge is 0.339 e. The molecular formula is C15H19N3OS. The third-order valence-corrected chi connectivity index (χ3v) is 4.73. The summed E-state index contributed by atoms with van der Waals surface area (Å²) in [6.45, 7) is 2.86. The van der Waals surface area contributed by atoms with Gasteiger partial charge in [0.1, 0.15) is 0 Å². The zero-order valence-corrected chi connectivity index (χ0v) is 12.7. The number of carbonyl (C=O) groups is 1. The molecule has 1 aromatic carbocycles. The van der Waals surface area contributed by atoms with Crippen LogP contribution in [0, 0.1) is 0 Å². The summed E-state index contributed by atoms with van der Waals surface area (Å²) in [5.74, 6) is 0.702. The van der Waals surface area contributed by atoms with Crippen molar-refractivity contribution in [3.8, 4) is 0 Å². The fourth-order valence-corrected chi connectivity index (χ4v) is 3.36. The lowest BCUT2D eigenvalue weighted by Gasteiger charge is -2.19. The van der Waals surface area contributed by atoms with Gasteiger partial charge in [0.2, 0.25) is 5.91 Å². The van der Waals surface area contributed by atoms with Crippen molar-refractivity contribution in [3.05, 3.63) is 24.3 Å². The Morgan fingerprint density at radius 3 is 2.85 bits per heavy atom. The molecule has 5 heteroatoms. The Balaban J connectivity index is 1.70. The number of hydrogen-bond donors (Lipinski definition) is 0. The van der Waals surface area contributed by atoms with Crippen LogP contribution in [0.5, 0.6) is 0 Å². The predicted molar refractivity (Wildman–Crippen MR) is 81.8 cm³/mol. The van der Waals surface area contributed by atoms with Crippen LogP contribution in [0.4, 0.5) is 0 Å². The minimum atomic E-state index is 0.229. The lowest BCUT2D eigenvalue weighted by Crippen LogP contribution is -2.34. The minimum absolute atomic E-state index is 0.229. The second kappa shape index (κ2) is 5.48. The van der Waals surface area contributed by atoms with Crippen LogP contribution in [0.2, 0.25) is 0 Å². The molecule has 20 heavy (non-hydrogen) atoms. The van der Waals surface area contributed by atoms with E-state index in [9.17, 15) is 4.79 Å². The molecule has 1 heterocycles. The summed E-state index contributed by atoms with van der Waals surface area (Å²) in [5, 5.41) is 0.909. The number of aryl methyl sites for hydroxylation is 1. The molecule has 1 aliphatic rings. The van der Waals surface area contributed by atoms with Gasteiger partial charge in [-0.15, -0.1) is 0 Å². The number of thioether (sulfide) groups is 1. The summed E-state index contributed by atoms with van der Waals surface area (Å²) in [6, 6.07) is 8.55. The van der Waals surface area contributed by atoms with Gasteiger partial charge in [0.05, 0.1) is 16.8 Å². The highest BCUT2D eigenvalue weighted by Crippen LogP contribution is 2.28. The Kier molecular flexibility index (Phi) is 3.70. The lowest BCUT2D eigenvalue weighted by molar-refractivity contribution is -0.128. The summed E-state index contributed by atoms with van der Waals surface area (Å²) in [4.78, 5) is 18.8. The van der Waals surface area contributed by atoms with E-state index >= 15 is 0 Å². The third-order valence-electron chi connectivity index (χ3n) is 3.72. The maximum absolute atomic E-state index is 12.2. The van der Waals surface area contributed by atoms with Crippen molar-refractivity contribution in [3.63, 3.8) is 0 Å². The summed E-state index contributed by atoms with van der Waals surface area (Å²) < 4.78 is 2.06. The topological polar surface area (TPSA) is 38.1 Å². The van der Waals surface area contributed by atoms with Crippen molar-refractivity contribution in [2.45, 2.75) is 31.0 Å². The van der Waals surface area contributed by atoms with Gasteiger partial charge in [0.15, 0.2) is 5.16 Å². The number of fused-ring (bicyclic) bond motifs is 1. The Hall–Kier alpha value is -1.49. The van der Waals surface area contributed by atoms with Gasteiger partial charge in [-0.05, 0) is 31.9 Å². The van der Waals surface area contributed by atoms with E-state index < -0.39 is 0 Å². The van der Waals surface area contributed by atoms with Gasteiger partial charge in [-0.25, -0.2) is 4.98 Å². The molecule has 0 radical (unpaired) electrons. The van der Waals surface area contributed by atoms with Gasteiger partial charge >= 0.3 is 0 Å². The van der Waals surface area contributed by atoms with Gasteiger partial charge in [-0.2, -0.15) is 0 Å². The van der Waals surface area contributed by atoms with Gasteiger partial charge in [0.25, 0.3) is 0 Å². The van der Waals surface area contributed by atoms with E-state index in [0.717, 1.165) is 35.6 Å². The average Bonchev–Trinajstić information content (AvgIpc) is 3.23. The first-order valence-corrected chi connectivity index (χ1v) is 8.03. The molecule has 1 fully saturated rings. The number of amides is 1. The highest BCUT2D eigenvalue weighted by molar-refractivity contribution is 7.99. The van der Waals surface area contributed by atoms with Crippen LogP contribution < -0.4 is 0 Å². The van der Waals surface area contributed by atoms with Crippen molar-refractivity contribution >= 4 is 28.7 Å². The molecule has 1 aliphatic carbocycles. The molecule has 2 aromatic rings. The smallest absolute Gasteiger partial charge is 0.233 e. The number of carbonyl (C=O) groups excluding carboxylic acids is 1. The molecule has 4 nitrogen and oxygen atoms in total. The van der Waals surface area contributed by atoms with Crippen molar-refractivity contribution in [1.29, 1.82) is 0 Å². The number of aromatic nitrogens is 2. The SMILES string of the molecule is CCN(C(=O)CSc1nc2ccccc2n1C)C1CC1. The Labute approximate surface area is 123 Å². The van der Waals surface area contributed by atoms with E-state index in [4.69, 9.17) is 0 Å². The van der Waals surface area contributed by atoms with Crippen LogP contribution in [-0.4, -0.2) is 38.7 Å². The van der Waals surface area contributed by atoms with Crippen molar-refractivity contribution < 1.29 is 4.79 Å². The second-order valence-electron chi connectivity index (χ2n) is 5.14. The number of imidazole rings is 1. The molecule has 106 valence electrons. The van der Waals surface area contributed by atoms with Gasteiger partial charge in [-0.1, -0.05) is 23.9 Å². The van der Waals surface area contributed by atoms with Crippen molar-refractivity contribution in [1.82, 2.24) is 14.5 Å². The maximum atomic E-state index is 12.2. The fraction of sp³-hybridized carbons (Fsp3) is 0.467. The van der Waals surface area contributed by atoms with E-state index in [-0.39, 0.29) is 5.91 Å². The highest BCUT2D eigenvalue weighted by atomic mass is 32.2. The first-order valence-electron chi connectivity index (χ1n) is 7.04. The Morgan fingerprint density at radius 1 is 1.45 bits per heavy atom. The van der Waals surface area contributed by atoms with E-state index in [0.29, 0.717) is 11.8 Å². The molecule has 0 aliphatic heterocycles. The molecule has 0 bridgehead atoms. The van der Waals surface area contributed by atoms with E-state index in [1.54, 1.807) is 0 Å². The van der Waals surface area contributed by atoms with Crippen LogP contribution in [0.1, 0.15) is 19.8 Å². The highest BCUT2D eigenvalue weighted by Gasteiger charge is 2.31. The summed E-state index contributed by atoms with van der Waals surface area (Å²) in [6.07, 6.45) is 2.33. The Morgan fingerprint density at radius 2 is 2.20 bits per heavy atom. The molecule has 0 unspecified atom stereocenters. The van der Waals surface area contributed by atoms with E-state index in [2.05, 4.69) is 22.5 Å². The zero-order valence-electron chi connectivity index (χ0n) is 11.9. The number of hydrogen-bond acceptors (Lipinski definition) is 3. The molecule has 3 rings (SSSR count). The Bertz CT molecular complexity index is 633. The molecule has 1 amide bonds. The number of rotatable bonds is 5. The molecule has 1 saturated carbocycles. The minimum Gasteiger partial charge on any atom is -0.339 e. The van der Waals surface area contributed by atoms with Crippen LogP contribution in [0.15, 0.2) is 29.4 Å². The monoisotopic (exact) mass is 289 g/mol. The molecule has 1 aromatic heterocycles. The van der Waals surface area contributed by atoms with E-state index in [1.165, 1.54) is 11.8 Å². The molecule has 0 atom stereocenters. The first-order chi connectivity index (χ1) is 9.70. The summed E-state index contributed by atoms with van der Waals surface area (Å²) >= 11 is 1.53. The summed E-state index contributed by atoms with van der Waals surface area (Å²) in [7, 11) is 2.00. The standard InChI is InChI=1S/C15H19N3OS/c1-3-18(11-8-9-11)14(19)10-20-15-16-12-6-4-5-7-13(12)17(15)2/h4-7,11H,3,8-10H2,1-2H3. The quantitative estimate of drug-likeness (QED) is 0.794. The predicted octanol–water partition coefficient (Wildman–Crippen LogP) is 2.68. The fourth-order valence-electron chi connectivity index (χ4n) is 2.49. The molecule has 0 saturated heterocycles.